The van der Waals surface area contributed by atoms with Crippen molar-refractivity contribution in [2.75, 3.05) is 18.9 Å². The molecule has 2 aromatic rings. The summed E-state index contributed by atoms with van der Waals surface area (Å²) in [6, 6.07) is 14.7. The van der Waals surface area contributed by atoms with Crippen LogP contribution in [0.1, 0.15) is 37.8 Å². The highest BCUT2D eigenvalue weighted by Gasteiger charge is 2.45. The number of hydrogen-bond acceptors (Lipinski definition) is 2. The molecule has 6 heteroatoms. The first-order valence-electron chi connectivity index (χ1n) is 10.0. The van der Waals surface area contributed by atoms with Crippen molar-refractivity contribution in [1.82, 2.24) is 10.6 Å². The largest absolute Gasteiger partial charge is 0.356 e. The highest BCUT2D eigenvalue weighted by molar-refractivity contribution is 5.92. The molecule has 1 fully saturated rings. The maximum atomic E-state index is 14.2. The van der Waals surface area contributed by atoms with Gasteiger partial charge in [0.15, 0.2) is 5.96 Å². The Labute approximate surface area is 171 Å². The second-order valence-electron chi connectivity index (χ2n) is 7.88. The second kappa shape index (κ2) is 9.07. The SMILES string of the molecule is CN=C(NCc1ccc(NC(=O)C(C)C)cc1)NCC1(c2ccccc2F)CC1. The summed E-state index contributed by atoms with van der Waals surface area (Å²) in [6.07, 6.45) is 1.95. The fourth-order valence-electron chi connectivity index (χ4n) is 3.24. The van der Waals surface area contributed by atoms with Crippen LogP contribution >= 0.6 is 0 Å². The van der Waals surface area contributed by atoms with E-state index in [1.54, 1.807) is 13.1 Å². The van der Waals surface area contributed by atoms with Crippen molar-refractivity contribution in [2.45, 2.75) is 38.6 Å². The van der Waals surface area contributed by atoms with Crippen LogP contribution in [0.4, 0.5) is 10.1 Å². The number of guanidine groups is 1. The number of nitrogens with one attached hydrogen (secondary N) is 3. The van der Waals surface area contributed by atoms with Crippen molar-refractivity contribution in [3.05, 3.63) is 65.5 Å². The molecule has 0 atom stereocenters. The van der Waals surface area contributed by atoms with Gasteiger partial charge in [-0.3, -0.25) is 9.79 Å². The molecular formula is C23H29FN4O. The van der Waals surface area contributed by atoms with Gasteiger partial charge < -0.3 is 16.0 Å². The van der Waals surface area contributed by atoms with E-state index in [0.717, 1.165) is 29.7 Å². The van der Waals surface area contributed by atoms with Gasteiger partial charge in [-0.1, -0.05) is 44.2 Å². The van der Waals surface area contributed by atoms with Gasteiger partial charge in [0, 0.05) is 37.2 Å². The third-order valence-corrected chi connectivity index (χ3v) is 5.32. The van der Waals surface area contributed by atoms with Gasteiger partial charge in [0.05, 0.1) is 0 Å². The fourth-order valence-corrected chi connectivity index (χ4v) is 3.24. The van der Waals surface area contributed by atoms with E-state index in [1.165, 1.54) is 6.07 Å². The molecule has 0 bridgehead atoms. The second-order valence-corrected chi connectivity index (χ2v) is 7.88. The van der Waals surface area contributed by atoms with Crippen molar-refractivity contribution in [3.63, 3.8) is 0 Å². The Kier molecular flexibility index (Phi) is 6.52. The summed E-state index contributed by atoms with van der Waals surface area (Å²) in [5.41, 5.74) is 2.50. The average molecular weight is 397 g/mol. The standard InChI is InChI=1S/C23H29FN4O/c1-16(2)21(29)28-18-10-8-17(9-11-18)14-26-22(25-3)27-15-23(12-13-23)19-6-4-5-7-20(19)24/h4-11,16H,12-15H2,1-3H3,(H,28,29)(H2,25,26,27). The number of hydrogen-bond donors (Lipinski definition) is 3. The van der Waals surface area contributed by atoms with E-state index in [4.69, 9.17) is 0 Å². The Bertz CT molecular complexity index is 873. The first-order chi connectivity index (χ1) is 13.9. The zero-order chi connectivity index (χ0) is 20.9. The van der Waals surface area contributed by atoms with Crippen LogP contribution in [0.25, 0.3) is 0 Å². The van der Waals surface area contributed by atoms with Gasteiger partial charge in [-0.05, 0) is 42.2 Å². The topological polar surface area (TPSA) is 65.5 Å². The number of aliphatic imine (C=N–C) groups is 1. The molecule has 2 aromatic carbocycles. The summed E-state index contributed by atoms with van der Waals surface area (Å²) in [5, 5.41) is 9.50. The predicted octanol–water partition coefficient (Wildman–Crippen LogP) is 3.82. The molecule has 154 valence electrons. The lowest BCUT2D eigenvalue weighted by Crippen LogP contribution is -2.41. The molecule has 0 unspecified atom stereocenters. The third kappa shape index (κ3) is 5.34. The summed E-state index contributed by atoms with van der Waals surface area (Å²) >= 11 is 0. The minimum absolute atomic E-state index is 0.00401. The Morgan fingerprint density at radius 1 is 1.10 bits per heavy atom. The van der Waals surface area contributed by atoms with Gasteiger partial charge in [-0.15, -0.1) is 0 Å². The Morgan fingerprint density at radius 2 is 1.79 bits per heavy atom. The van der Waals surface area contributed by atoms with Crippen LogP contribution in [-0.2, 0) is 16.8 Å². The maximum Gasteiger partial charge on any atom is 0.226 e. The van der Waals surface area contributed by atoms with Crippen molar-refractivity contribution in [1.29, 1.82) is 0 Å². The van der Waals surface area contributed by atoms with E-state index in [1.807, 2.05) is 50.2 Å². The monoisotopic (exact) mass is 396 g/mol. The fraction of sp³-hybridized carbons (Fsp3) is 0.391. The Balaban J connectivity index is 1.51. The van der Waals surface area contributed by atoms with E-state index in [0.29, 0.717) is 19.0 Å². The number of nitrogens with zero attached hydrogens (tertiary/aromatic N) is 1. The summed E-state index contributed by atoms with van der Waals surface area (Å²) in [7, 11) is 1.72. The maximum absolute atomic E-state index is 14.2. The van der Waals surface area contributed by atoms with Gasteiger partial charge in [-0.25, -0.2) is 4.39 Å². The molecule has 1 aliphatic rings. The molecule has 0 aromatic heterocycles. The number of amides is 1. The number of carbonyl (C=O) groups excluding carboxylic acids is 1. The highest BCUT2D eigenvalue weighted by atomic mass is 19.1. The minimum atomic E-state index is -0.140. The van der Waals surface area contributed by atoms with Gasteiger partial charge in [-0.2, -0.15) is 0 Å². The van der Waals surface area contributed by atoms with Crippen LogP contribution in [0.5, 0.6) is 0 Å². The first kappa shape index (κ1) is 20.8. The van der Waals surface area contributed by atoms with Crippen LogP contribution in [-0.4, -0.2) is 25.5 Å². The van der Waals surface area contributed by atoms with Gasteiger partial charge in [0.2, 0.25) is 5.91 Å². The van der Waals surface area contributed by atoms with E-state index < -0.39 is 0 Å². The molecule has 0 spiro atoms. The van der Waals surface area contributed by atoms with Crippen LogP contribution in [0.2, 0.25) is 0 Å². The molecule has 0 aliphatic heterocycles. The third-order valence-electron chi connectivity index (χ3n) is 5.32. The summed E-state index contributed by atoms with van der Waals surface area (Å²) in [6.45, 7) is 4.98. The van der Waals surface area contributed by atoms with Crippen LogP contribution in [0.3, 0.4) is 0 Å². The number of anilines is 1. The molecule has 3 N–H and O–H groups in total. The zero-order valence-electron chi connectivity index (χ0n) is 17.3. The average Bonchev–Trinajstić information content (AvgIpc) is 3.50. The summed E-state index contributed by atoms with van der Waals surface area (Å²) in [5.74, 6) is 0.499. The molecule has 3 rings (SSSR count). The Hall–Kier alpha value is -2.89. The molecule has 1 saturated carbocycles. The van der Waals surface area contributed by atoms with Gasteiger partial charge in [0.25, 0.3) is 0 Å². The van der Waals surface area contributed by atoms with E-state index in [2.05, 4.69) is 20.9 Å². The molecule has 1 aliphatic carbocycles. The molecular weight excluding hydrogens is 367 g/mol. The number of carbonyl (C=O) groups is 1. The highest BCUT2D eigenvalue weighted by Crippen LogP contribution is 2.48. The molecule has 0 radical (unpaired) electrons. The lowest BCUT2D eigenvalue weighted by atomic mass is 9.95. The van der Waals surface area contributed by atoms with Gasteiger partial charge in [0.1, 0.15) is 5.82 Å². The van der Waals surface area contributed by atoms with Crippen LogP contribution < -0.4 is 16.0 Å². The van der Waals surface area contributed by atoms with E-state index in [-0.39, 0.29) is 23.1 Å². The van der Waals surface area contributed by atoms with Crippen LogP contribution in [0, 0.1) is 11.7 Å². The molecule has 1 amide bonds. The predicted molar refractivity (Wildman–Crippen MR) is 115 cm³/mol. The van der Waals surface area contributed by atoms with Crippen molar-refractivity contribution in [3.8, 4) is 0 Å². The zero-order valence-corrected chi connectivity index (χ0v) is 17.3. The minimum Gasteiger partial charge on any atom is -0.356 e. The molecule has 29 heavy (non-hydrogen) atoms. The molecule has 0 saturated heterocycles. The van der Waals surface area contributed by atoms with Crippen molar-refractivity contribution < 1.29 is 9.18 Å². The molecule has 5 nitrogen and oxygen atoms in total. The first-order valence-corrected chi connectivity index (χ1v) is 10.0. The Morgan fingerprint density at radius 3 is 2.38 bits per heavy atom. The smallest absolute Gasteiger partial charge is 0.226 e. The lowest BCUT2D eigenvalue weighted by molar-refractivity contribution is -0.118. The van der Waals surface area contributed by atoms with Crippen molar-refractivity contribution in [2.24, 2.45) is 10.9 Å². The number of rotatable bonds is 7. The van der Waals surface area contributed by atoms with Crippen molar-refractivity contribution >= 4 is 17.6 Å². The lowest BCUT2D eigenvalue weighted by Gasteiger charge is -2.19. The van der Waals surface area contributed by atoms with Gasteiger partial charge >= 0.3 is 0 Å². The van der Waals surface area contributed by atoms with Crippen LogP contribution in [0.15, 0.2) is 53.5 Å². The normalized spacial score (nSPS) is 15.1. The quantitative estimate of drug-likeness (QED) is 0.492. The molecule has 0 heterocycles. The number of benzene rings is 2. The van der Waals surface area contributed by atoms with E-state index in [9.17, 15) is 9.18 Å². The summed E-state index contributed by atoms with van der Waals surface area (Å²) < 4.78 is 14.2. The summed E-state index contributed by atoms with van der Waals surface area (Å²) in [4.78, 5) is 16.0. The number of halogens is 1. The van der Waals surface area contributed by atoms with E-state index >= 15 is 0 Å².